The van der Waals surface area contributed by atoms with Gasteiger partial charge < -0.3 is 5.11 Å². The minimum absolute atomic E-state index is 0.0541. The van der Waals surface area contributed by atoms with Crippen molar-refractivity contribution in [2.45, 2.75) is 23.5 Å². The summed E-state index contributed by atoms with van der Waals surface area (Å²) in [5.74, 6) is -1.81. The molecule has 0 amide bonds. The van der Waals surface area contributed by atoms with Crippen molar-refractivity contribution in [1.82, 2.24) is 4.72 Å². The fourth-order valence-electron chi connectivity index (χ4n) is 1.33. The third-order valence-electron chi connectivity index (χ3n) is 2.25. The number of carboxylic acids is 1. The van der Waals surface area contributed by atoms with Gasteiger partial charge in [0.25, 0.3) is 0 Å². The third-order valence-corrected chi connectivity index (χ3v) is 4.44. The molecule has 0 saturated carbocycles. The fraction of sp³-hybridized carbons (Fsp3) is 0.300. The number of hydrogen-bond donors (Lipinski definition) is 2. The average molecular weight is 366 g/mol. The van der Waals surface area contributed by atoms with Crippen LogP contribution in [-0.2, 0) is 14.8 Å². The Bertz CT molecular complexity index is 648. The molecule has 0 aromatic heterocycles. The summed E-state index contributed by atoms with van der Waals surface area (Å²) in [5, 5.41) is 8.03. The predicted octanol–water partition coefficient (Wildman–Crippen LogP) is 2.68. The van der Waals surface area contributed by atoms with Gasteiger partial charge in [-0.05, 0) is 18.2 Å². The Morgan fingerprint density at radius 1 is 1.33 bits per heavy atom. The minimum Gasteiger partial charge on any atom is -0.481 e. The number of rotatable bonds is 5. The molecule has 0 aliphatic heterocycles. The van der Waals surface area contributed by atoms with Crippen molar-refractivity contribution < 1.29 is 31.5 Å². The molecule has 1 rings (SSSR count). The van der Waals surface area contributed by atoms with Crippen LogP contribution in [0.25, 0.3) is 0 Å². The summed E-state index contributed by atoms with van der Waals surface area (Å²) >= 11 is 11.2. The first kappa shape index (κ1) is 18.0. The Kier molecular flexibility index (Phi) is 5.48. The van der Waals surface area contributed by atoms with Gasteiger partial charge >= 0.3 is 12.1 Å². The first-order valence-corrected chi connectivity index (χ1v) is 7.43. The molecule has 118 valence electrons. The zero-order valence-electron chi connectivity index (χ0n) is 9.99. The van der Waals surface area contributed by atoms with Crippen LogP contribution < -0.4 is 4.72 Å². The van der Waals surface area contributed by atoms with Gasteiger partial charge in [0.2, 0.25) is 10.0 Å². The molecule has 0 fully saturated rings. The van der Waals surface area contributed by atoms with Gasteiger partial charge in [-0.3, -0.25) is 4.79 Å². The van der Waals surface area contributed by atoms with E-state index in [1.54, 1.807) is 0 Å². The van der Waals surface area contributed by atoms with Gasteiger partial charge in [0.05, 0.1) is 11.4 Å². The monoisotopic (exact) mass is 365 g/mol. The lowest BCUT2D eigenvalue weighted by Crippen LogP contribution is -2.46. The molecule has 0 aliphatic carbocycles. The topological polar surface area (TPSA) is 83.5 Å². The van der Waals surface area contributed by atoms with E-state index in [2.05, 4.69) is 0 Å². The maximum Gasteiger partial charge on any atom is 0.405 e. The Morgan fingerprint density at radius 2 is 1.90 bits per heavy atom. The number of hydrogen-bond acceptors (Lipinski definition) is 3. The number of carboxylic acid groups (broad SMARTS) is 1. The number of aliphatic carboxylic acids is 1. The standard InChI is InChI=1S/C10H8Cl2F3NO4S/c11-5-1-2-6(12)7(3-5)21(19,20)16-8(4-9(17)18)10(13,14)15/h1-3,8,16H,4H2,(H,17,18)/t8-/m1/s1. The van der Waals surface area contributed by atoms with Crippen LogP contribution in [-0.4, -0.2) is 31.7 Å². The molecule has 1 aromatic rings. The summed E-state index contributed by atoms with van der Waals surface area (Å²) in [4.78, 5) is 9.75. The van der Waals surface area contributed by atoms with Gasteiger partial charge in [-0.1, -0.05) is 23.2 Å². The molecule has 0 spiro atoms. The van der Waals surface area contributed by atoms with E-state index >= 15 is 0 Å². The Labute approximate surface area is 127 Å². The number of nitrogens with one attached hydrogen (secondary N) is 1. The smallest absolute Gasteiger partial charge is 0.405 e. The van der Waals surface area contributed by atoms with E-state index in [0.717, 1.165) is 12.1 Å². The third kappa shape index (κ3) is 5.03. The summed E-state index contributed by atoms with van der Waals surface area (Å²) in [6.07, 6.45) is -6.53. The second kappa shape index (κ2) is 6.39. The molecule has 0 heterocycles. The summed E-state index contributed by atoms with van der Waals surface area (Å²) < 4.78 is 63.0. The van der Waals surface area contributed by atoms with Crippen LogP contribution in [0.2, 0.25) is 10.0 Å². The van der Waals surface area contributed by atoms with Crippen LogP contribution in [0.3, 0.4) is 0 Å². The lowest BCUT2D eigenvalue weighted by Gasteiger charge is -2.20. The SMILES string of the molecule is O=C(O)C[C@@H](NS(=O)(=O)c1cc(Cl)ccc1Cl)C(F)(F)F. The van der Waals surface area contributed by atoms with Gasteiger partial charge in [0.1, 0.15) is 10.9 Å². The summed E-state index contributed by atoms with van der Waals surface area (Å²) in [5.41, 5.74) is 0. The molecule has 11 heteroatoms. The first-order chi connectivity index (χ1) is 9.43. The van der Waals surface area contributed by atoms with Crippen molar-refractivity contribution in [3.05, 3.63) is 28.2 Å². The van der Waals surface area contributed by atoms with Crippen molar-refractivity contribution in [3.8, 4) is 0 Å². The van der Waals surface area contributed by atoms with Crippen LogP contribution in [0.4, 0.5) is 13.2 Å². The van der Waals surface area contributed by atoms with E-state index in [1.165, 1.54) is 10.8 Å². The molecule has 0 unspecified atom stereocenters. The van der Waals surface area contributed by atoms with Crippen LogP contribution >= 0.6 is 23.2 Å². The normalized spacial score (nSPS) is 14.0. The van der Waals surface area contributed by atoms with Gasteiger partial charge in [-0.15, -0.1) is 0 Å². The predicted molar refractivity (Wildman–Crippen MR) is 68.9 cm³/mol. The number of halogens is 5. The molecule has 0 saturated heterocycles. The number of carbonyl (C=O) groups is 1. The van der Waals surface area contributed by atoms with E-state index in [9.17, 15) is 26.4 Å². The zero-order chi connectivity index (χ0) is 16.4. The van der Waals surface area contributed by atoms with E-state index in [4.69, 9.17) is 28.3 Å². The highest BCUT2D eigenvalue weighted by Crippen LogP contribution is 2.28. The summed E-state index contributed by atoms with van der Waals surface area (Å²) in [7, 11) is -4.69. The summed E-state index contributed by atoms with van der Waals surface area (Å²) in [6.45, 7) is 0. The second-order valence-corrected chi connectivity index (χ2v) is 6.41. The molecule has 2 N–H and O–H groups in total. The van der Waals surface area contributed by atoms with Gasteiger partial charge in [-0.2, -0.15) is 17.9 Å². The number of sulfonamides is 1. The highest BCUT2D eigenvalue weighted by molar-refractivity contribution is 7.89. The molecule has 0 aliphatic rings. The van der Waals surface area contributed by atoms with Gasteiger partial charge in [0.15, 0.2) is 0 Å². The average Bonchev–Trinajstić information content (AvgIpc) is 2.29. The highest BCUT2D eigenvalue weighted by atomic mass is 35.5. The second-order valence-electron chi connectivity index (χ2n) is 3.89. The quantitative estimate of drug-likeness (QED) is 0.840. The first-order valence-electron chi connectivity index (χ1n) is 5.19. The minimum atomic E-state index is -5.07. The van der Waals surface area contributed by atoms with Crippen LogP contribution in [0.15, 0.2) is 23.1 Å². The molecular formula is C10H8Cl2F3NO4S. The molecule has 1 atom stereocenters. The molecule has 21 heavy (non-hydrogen) atoms. The van der Waals surface area contributed by atoms with Crippen molar-refractivity contribution in [3.63, 3.8) is 0 Å². The van der Waals surface area contributed by atoms with Gasteiger partial charge in [0, 0.05) is 5.02 Å². The van der Waals surface area contributed by atoms with Crippen molar-refractivity contribution in [2.24, 2.45) is 0 Å². The maximum atomic E-state index is 12.7. The molecule has 0 radical (unpaired) electrons. The van der Waals surface area contributed by atoms with Crippen molar-refractivity contribution >= 4 is 39.2 Å². The number of benzene rings is 1. The van der Waals surface area contributed by atoms with Crippen molar-refractivity contribution in [2.75, 3.05) is 0 Å². The van der Waals surface area contributed by atoms with E-state index < -0.39 is 39.5 Å². The summed E-state index contributed by atoms with van der Waals surface area (Å²) in [6, 6.07) is 0.426. The Morgan fingerprint density at radius 3 is 2.38 bits per heavy atom. The van der Waals surface area contributed by atoms with E-state index in [-0.39, 0.29) is 10.0 Å². The van der Waals surface area contributed by atoms with Gasteiger partial charge in [-0.25, -0.2) is 8.42 Å². The Hall–Kier alpha value is -1.03. The van der Waals surface area contributed by atoms with E-state index in [1.807, 2.05) is 0 Å². The zero-order valence-corrected chi connectivity index (χ0v) is 12.3. The van der Waals surface area contributed by atoms with Crippen molar-refractivity contribution in [1.29, 1.82) is 0 Å². The molecular weight excluding hydrogens is 358 g/mol. The highest BCUT2D eigenvalue weighted by Gasteiger charge is 2.43. The maximum absolute atomic E-state index is 12.7. The molecule has 1 aromatic carbocycles. The number of alkyl halides is 3. The largest absolute Gasteiger partial charge is 0.481 e. The van der Waals surface area contributed by atoms with E-state index in [0.29, 0.717) is 0 Å². The fourth-order valence-corrected chi connectivity index (χ4v) is 3.32. The molecule has 5 nitrogen and oxygen atoms in total. The Balaban J connectivity index is 3.17. The van der Waals surface area contributed by atoms with Crippen LogP contribution in [0, 0.1) is 0 Å². The lowest BCUT2D eigenvalue weighted by molar-refractivity contribution is -0.163. The van der Waals surface area contributed by atoms with Crippen LogP contribution in [0.5, 0.6) is 0 Å². The molecule has 0 bridgehead atoms. The van der Waals surface area contributed by atoms with Crippen LogP contribution in [0.1, 0.15) is 6.42 Å². The lowest BCUT2D eigenvalue weighted by atomic mass is 10.2.